The third kappa shape index (κ3) is 2.57. The Kier molecular flexibility index (Phi) is 3.96. The number of rotatable bonds is 0. The molecule has 0 amide bonds. The molecule has 1 N–H and O–H groups in total. The molecule has 1 heterocycles. The number of hydrogen-bond donors (Lipinski definition) is 1. The molecule has 0 radical (unpaired) electrons. The molecule has 0 bridgehead atoms. The van der Waals surface area contributed by atoms with E-state index in [1.807, 2.05) is 0 Å². The van der Waals surface area contributed by atoms with Crippen LogP contribution in [0.2, 0.25) is 0 Å². The summed E-state index contributed by atoms with van der Waals surface area (Å²) >= 11 is 0. The molecule has 4 fully saturated rings. The first-order valence-corrected chi connectivity index (χ1v) is 11.0. The molecule has 1 aliphatic heterocycles. The number of hydrogen-bond acceptors (Lipinski definition) is 3. The summed E-state index contributed by atoms with van der Waals surface area (Å²) in [5, 5.41) is 10.6. The first kappa shape index (κ1) is 17.7. The van der Waals surface area contributed by atoms with E-state index in [1.165, 1.54) is 25.7 Å². The van der Waals surface area contributed by atoms with Gasteiger partial charge in [-0.25, -0.2) is 0 Å². The van der Waals surface area contributed by atoms with Crippen LogP contribution in [0.1, 0.15) is 72.1 Å². The monoisotopic (exact) mass is 360 g/mol. The lowest BCUT2D eigenvalue weighted by atomic mass is 9.54. The van der Waals surface area contributed by atoms with Crippen LogP contribution in [0.25, 0.3) is 0 Å². The van der Waals surface area contributed by atoms with Crippen molar-refractivity contribution in [2.45, 2.75) is 84.0 Å². The smallest absolute Gasteiger partial charge is 0.168 e. The summed E-state index contributed by atoms with van der Waals surface area (Å²) in [5.74, 6) is 2.61. The van der Waals surface area contributed by atoms with Crippen molar-refractivity contribution >= 4 is 0 Å². The van der Waals surface area contributed by atoms with Crippen LogP contribution in [0, 0.1) is 34.5 Å². The second-order valence-electron chi connectivity index (χ2n) is 11.1. The Labute approximate surface area is 158 Å². The van der Waals surface area contributed by atoms with E-state index in [4.69, 9.17) is 9.47 Å². The molecular weight excluding hydrogens is 324 g/mol. The van der Waals surface area contributed by atoms with Crippen LogP contribution >= 0.6 is 0 Å². The molecule has 26 heavy (non-hydrogen) atoms. The molecule has 5 rings (SSSR count). The van der Waals surface area contributed by atoms with Gasteiger partial charge in [0, 0.05) is 23.7 Å². The van der Waals surface area contributed by atoms with Crippen molar-refractivity contribution in [3.8, 4) is 0 Å². The molecule has 0 aromatic carbocycles. The molecular formula is C23H36O3. The topological polar surface area (TPSA) is 38.7 Å². The van der Waals surface area contributed by atoms with Crippen LogP contribution in [0.4, 0.5) is 0 Å². The zero-order valence-corrected chi connectivity index (χ0v) is 16.8. The normalized spacial score (nSPS) is 49.1. The van der Waals surface area contributed by atoms with Gasteiger partial charge in [-0.2, -0.15) is 0 Å². The van der Waals surface area contributed by atoms with Gasteiger partial charge < -0.3 is 14.6 Å². The summed E-state index contributed by atoms with van der Waals surface area (Å²) in [5.41, 5.74) is 2.04. The van der Waals surface area contributed by atoms with Crippen LogP contribution in [0.15, 0.2) is 11.6 Å². The van der Waals surface area contributed by atoms with Crippen molar-refractivity contribution < 1.29 is 14.6 Å². The Hall–Kier alpha value is -0.380. The summed E-state index contributed by atoms with van der Waals surface area (Å²) < 4.78 is 12.7. The van der Waals surface area contributed by atoms with Gasteiger partial charge in [-0.05, 0) is 62.2 Å². The Morgan fingerprint density at radius 2 is 1.73 bits per heavy atom. The molecule has 1 spiro atoms. The molecule has 3 nitrogen and oxygen atoms in total. The molecule has 0 aromatic heterocycles. The highest BCUT2D eigenvalue weighted by atomic mass is 16.7. The zero-order chi connectivity index (χ0) is 18.2. The molecule has 6 unspecified atom stereocenters. The van der Waals surface area contributed by atoms with Gasteiger partial charge in [-0.1, -0.05) is 32.4 Å². The minimum atomic E-state index is -0.295. The van der Waals surface area contributed by atoms with E-state index in [0.717, 1.165) is 56.7 Å². The highest BCUT2D eigenvalue weighted by Gasteiger charge is 2.56. The summed E-state index contributed by atoms with van der Waals surface area (Å²) in [6.45, 7) is 8.46. The molecule has 1 saturated heterocycles. The van der Waals surface area contributed by atoms with E-state index in [9.17, 15) is 5.11 Å². The van der Waals surface area contributed by atoms with Crippen molar-refractivity contribution in [2.24, 2.45) is 34.5 Å². The van der Waals surface area contributed by atoms with E-state index < -0.39 is 0 Å². The fourth-order valence-electron chi connectivity index (χ4n) is 7.10. The molecule has 146 valence electrons. The number of aliphatic hydroxyl groups is 1. The van der Waals surface area contributed by atoms with Crippen molar-refractivity contribution in [1.82, 2.24) is 0 Å². The zero-order valence-electron chi connectivity index (χ0n) is 16.8. The minimum absolute atomic E-state index is 0.0926. The third-order valence-electron chi connectivity index (χ3n) is 8.76. The Morgan fingerprint density at radius 3 is 2.50 bits per heavy atom. The summed E-state index contributed by atoms with van der Waals surface area (Å²) in [4.78, 5) is 0. The lowest BCUT2D eigenvalue weighted by Crippen LogP contribution is -2.53. The SMILES string of the molecule is CC1(C)COC2(CCC3C4=CCC5(C)C(O)CCC5C4CCC3C2)OC1. The number of ether oxygens (including phenoxy) is 2. The molecule has 0 aromatic rings. The highest BCUT2D eigenvalue weighted by molar-refractivity contribution is 5.25. The van der Waals surface area contributed by atoms with E-state index >= 15 is 0 Å². The first-order valence-electron chi connectivity index (χ1n) is 11.0. The van der Waals surface area contributed by atoms with Crippen LogP contribution in [0.5, 0.6) is 0 Å². The fraction of sp³-hybridized carbons (Fsp3) is 0.913. The molecule has 6 atom stereocenters. The maximum atomic E-state index is 10.6. The average Bonchev–Trinajstić information content (AvgIpc) is 2.93. The van der Waals surface area contributed by atoms with Crippen LogP contribution in [0.3, 0.4) is 0 Å². The van der Waals surface area contributed by atoms with E-state index in [2.05, 4.69) is 26.8 Å². The van der Waals surface area contributed by atoms with Gasteiger partial charge in [0.2, 0.25) is 0 Å². The van der Waals surface area contributed by atoms with Gasteiger partial charge in [-0.15, -0.1) is 0 Å². The quantitative estimate of drug-likeness (QED) is 0.637. The second kappa shape index (κ2) is 5.81. The Balaban J connectivity index is 1.34. The lowest BCUT2D eigenvalue weighted by Gasteiger charge is -2.54. The van der Waals surface area contributed by atoms with Crippen LogP contribution in [-0.2, 0) is 9.47 Å². The van der Waals surface area contributed by atoms with Gasteiger partial charge in [0.25, 0.3) is 0 Å². The fourth-order valence-corrected chi connectivity index (χ4v) is 7.10. The number of allylic oxidation sites excluding steroid dienone is 2. The van der Waals surface area contributed by atoms with Crippen molar-refractivity contribution in [1.29, 1.82) is 0 Å². The van der Waals surface area contributed by atoms with Gasteiger partial charge in [0.05, 0.1) is 19.3 Å². The summed E-state index contributed by atoms with van der Waals surface area (Å²) in [7, 11) is 0. The van der Waals surface area contributed by atoms with Gasteiger partial charge in [-0.3, -0.25) is 0 Å². The number of fused-ring (bicyclic) bond motifs is 5. The molecule has 3 heteroatoms. The predicted molar refractivity (Wildman–Crippen MR) is 102 cm³/mol. The molecule has 3 saturated carbocycles. The minimum Gasteiger partial charge on any atom is -0.393 e. The second-order valence-corrected chi connectivity index (χ2v) is 11.1. The lowest BCUT2D eigenvalue weighted by molar-refractivity contribution is -0.319. The largest absolute Gasteiger partial charge is 0.393 e. The predicted octanol–water partition coefficient (Wildman–Crippen LogP) is 4.69. The van der Waals surface area contributed by atoms with E-state index in [1.54, 1.807) is 5.57 Å². The van der Waals surface area contributed by atoms with Gasteiger partial charge in [0.15, 0.2) is 5.79 Å². The van der Waals surface area contributed by atoms with Crippen LogP contribution in [-0.4, -0.2) is 30.2 Å². The summed E-state index contributed by atoms with van der Waals surface area (Å²) in [6.07, 6.45) is 11.8. The van der Waals surface area contributed by atoms with Crippen molar-refractivity contribution in [3.05, 3.63) is 11.6 Å². The average molecular weight is 361 g/mol. The van der Waals surface area contributed by atoms with E-state index in [0.29, 0.717) is 5.92 Å². The van der Waals surface area contributed by atoms with Crippen molar-refractivity contribution in [2.75, 3.05) is 13.2 Å². The Morgan fingerprint density at radius 1 is 0.962 bits per heavy atom. The third-order valence-corrected chi connectivity index (χ3v) is 8.76. The molecule has 4 aliphatic carbocycles. The van der Waals surface area contributed by atoms with Gasteiger partial charge in [0.1, 0.15) is 0 Å². The van der Waals surface area contributed by atoms with E-state index in [-0.39, 0.29) is 22.7 Å². The number of aliphatic hydroxyl groups excluding tert-OH is 1. The van der Waals surface area contributed by atoms with Gasteiger partial charge >= 0.3 is 0 Å². The molecule has 5 aliphatic rings. The highest BCUT2D eigenvalue weighted by Crippen LogP contribution is 2.61. The maximum absolute atomic E-state index is 10.6. The standard InChI is InChI=1S/C23H36O3/c1-21(2)13-25-23(26-14-21)11-9-16-15(12-23)4-5-18-17(16)8-10-22(3)19(18)6-7-20(22)24/h8,15-16,18-20,24H,4-7,9-14H2,1-3H3. The Bertz CT molecular complexity index is 599. The summed E-state index contributed by atoms with van der Waals surface area (Å²) in [6, 6.07) is 0. The van der Waals surface area contributed by atoms with Crippen molar-refractivity contribution in [3.63, 3.8) is 0 Å². The maximum Gasteiger partial charge on any atom is 0.168 e. The first-order chi connectivity index (χ1) is 12.3. The van der Waals surface area contributed by atoms with Crippen LogP contribution < -0.4 is 0 Å².